The molecule has 0 aliphatic carbocycles. The SMILES string of the molecule is Cc1ccncc1C(=O)N1CC1. The molecule has 0 bridgehead atoms. The highest BCUT2D eigenvalue weighted by Crippen LogP contribution is 2.13. The van der Waals surface area contributed by atoms with Gasteiger partial charge < -0.3 is 4.90 Å². The maximum atomic E-state index is 11.5. The summed E-state index contributed by atoms with van der Waals surface area (Å²) in [5.41, 5.74) is 1.73. The number of carbonyl (C=O) groups excluding carboxylic acids is 1. The molecule has 2 rings (SSSR count). The van der Waals surface area contributed by atoms with Crippen LogP contribution >= 0.6 is 0 Å². The first-order chi connectivity index (χ1) is 5.79. The van der Waals surface area contributed by atoms with Crippen LogP contribution in [0, 0.1) is 6.92 Å². The largest absolute Gasteiger partial charge is 0.335 e. The van der Waals surface area contributed by atoms with E-state index in [1.807, 2.05) is 13.0 Å². The highest BCUT2D eigenvalue weighted by Gasteiger charge is 2.26. The summed E-state index contributed by atoms with van der Waals surface area (Å²) in [6, 6.07) is 1.86. The highest BCUT2D eigenvalue weighted by atomic mass is 16.2. The molecule has 1 amide bonds. The summed E-state index contributed by atoms with van der Waals surface area (Å²) in [6.07, 6.45) is 3.34. The second kappa shape index (κ2) is 2.59. The maximum absolute atomic E-state index is 11.5. The highest BCUT2D eigenvalue weighted by molar-refractivity contribution is 5.96. The van der Waals surface area contributed by atoms with Crippen LogP contribution in [-0.4, -0.2) is 28.9 Å². The minimum Gasteiger partial charge on any atom is -0.335 e. The van der Waals surface area contributed by atoms with Crippen molar-refractivity contribution in [3.8, 4) is 0 Å². The third-order valence-electron chi connectivity index (χ3n) is 2.00. The number of rotatable bonds is 1. The molecule has 0 radical (unpaired) electrons. The zero-order chi connectivity index (χ0) is 8.55. The van der Waals surface area contributed by atoms with Gasteiger partial charge in [0.2, 0.25) is 0 Å². The van der Waals surface area contributed by atoms with Gasteiger partial charge in [-0.25, -0.2) is 0 Å². The average molecular weight is 162 g/mol. The summed E-state index contributed by atoms with van der Waals surface area (Å²) < 4.78 is 0. The number of hydrogen-bond donors (Lipinski definition) is 0. The Morgan fingerprint density at radius 2 is 2.33 bits per heavy atom. The standard InChI is InChI=1S/C9H10N2O/c1-7-2-3-10-6-8(7)9(12)11-4-5-11/h2-3,6H,4-5H2,1H3. The third-order valence-corrected chi connectivity index (χ3v) is 2.00. The quantitative estimate of drug-likeness (QED) is 0.573. The van der Waals surface area contributed by atoms with Crippen LogP contribution in [0.15, 0.2) is 18.5 Å². The van der Waals surface area contributed by atoms with Crippen LogP contribution in [0.4, 0.5) is 0 Å². The van der Waals surface area contributed by atoms with E-state index in [1.54, 1.807) is 17.3 Å². The van der Waals surface area contributed by atoms with Gasteiger partial charge in [-0.3, -0.25) is 9.78 Å². The molecule has 2 heterocycles. The number of aromatic nitrogens is 1. The van der Waals surface area contributed by atoms with Crippen molar-refractivity contribution in [1.82, 2.24) is 9.88 Å². The molecule has 0 N–H and O–H groups in total. The van der Waals surface area contributed by atoms with Crippen molar-refractivity contribution >= 4 is 5.91 Å². The van der Waals surface area contributed by atoms with Crippen molar-refractivity contribution in [2.24, 2.45) is 0 Å². The Morgan fingerprint density at radius 1 is 1.58 bits per heavy atom. The monoisotopic (exact) mass is 162 g/mol. The smallest absolute Gasteiger partial charge is 0.255 e. The van der Waals surface area contributed by atoms with Crippen LogP contribution in [0.1, 0.15) is 15.9 Å². The minimum absolute atomic E-state index is 0.112. The molecule has 0 atom stereocenters. The molecule has 1 aliphatic rings. The number of nitrogens with zero attached hydrogens (tertiary/aromatic N) is 2. The average Bonchev–Trinajstić information content (AvgIpc) is 2.86. The summed E-state index contributed by atoms with van der Waals surface area (Å²) in [7, 11) is 0. The minimum atomic E-state index is 0.112. The fourth-order valence-corrected chi connectivity index (χ4v) is 1.11. The van der Waals surface area contributed by atoms with Gasteiger partial charge in [-0.2, -0.15) is 0 Å². The van der Waals surface area contributed by atoms with Crippen molar-refractivity contribution in [3.05, 3.63) is 29.6 Å². The van der Waals surface area contributed by atoms with Crippen molar-refractivity contribution in [3.63, 3.8) is 0 Å². The van der Waals surface area contributed by atoms with E-state index in [9.17, 15) is 4.79 Å². The predicted molar refractivity (Wildman–Crippen MR) is 44.9 cm³/mol. The van der Waals surface area contributed by atoms with E-state index in [0.29, 0.717) is 0 Å². The van der Waals surface area contributed by atoms with Gasteiger partial charge in [0.1, 0.15) is 0 Å². The molecule has 1 saturated heterocycles. The van der Waals surface area contributed by atoms with Gasteiger partial charge >= 0.3 is 0 Å². The Kier molecular flexibility index (Phi) is 1.57. The molecule has 3 heteroatoms. The van der Waals surface area contributed by atoms with Crippen LogP contribution in [0.5, 0.6) is 0 Å². The van der Waals surface area contributed by atoms with Crippen molar-refractivity contribution in [1.29, 1.82) is 0 Å². The molecule has 0 unspecified atom stereocenters. The fraction of sp³-hybridized carbons (Fsp3) is 0.333. The van der Waals surface area contributed by atoms with Crippen molar-refractivity contribution < 1.29 is 4.79 Å². The van der Waals surface area contributed by atoms with E-state index >= 15 is 0 Å². The molecule has 0 spiro atoms. The maximum Gasteiger partial charge on any atom is 0.255 e. The first kappa shape index (κ1) is 7.28. The van der Waals surface area contributed by atoms with Gasteiger partial charge in [0.15, 0.2) is 0 Å². The number of pyridine rings is 1. The number of hydrogen-bond acceptors (Lipinski definition) is 2. The lowest BCUT2D eigenvalue weighted by Crippen LogP contribution is -2.12. The van der Waals surface area contributed by atoms with Gasteiger partial charge in [0.05, 0.1) is 5.56 Å². The topological polar surface area (TPSA) is 33.0 Å². The Bertz CT molecular complexity index is 318. The zero-order valence-electron chi connectivity index (χ0n) is 6.95. The van der Waals surface area contributed by atoms with E-state index in [4.69, 9.17) is 0 Å². The van der Waals surface area contributed by atoms with Crippen LogP contribution in [0.3, 0.4) is 0 Å². The van der Waals surface area contributed by atoms with E-state index in [1.165, 1.54) is 0 Å². The van der Waals surface area contributed by atoms with Gasteiger partial charge in [-0.05, 0) is 18.6 Å². The summed E-state index contributed by atoms with van der Waals surface area (Å²) in [5, 5.41) is 0. The second-order valence-corrected chi connectivity index (χ2v) is 2.98. The summed E-state index contributed by atoms with van der Waals surface area (Å²) in [4.78, 5) is 17.2. The number of carbonyl (C=O) groups is 1. The summed E-state index contributed by atoms with van der Waals surface area (Å²) >= 11 is 0. The number of aryl methyl sites for hydroxylation is 1. The Hall–Kier alpha value is -1.38. The molecule has 1 aromatic heterocycles. The molecular weight excluding hydrogens is 152 g/mol. The lowest BCUT2D eigenvalue weighted by molar-refractivity contribution is 0.0884. The Labute approximate surface area is 71.0 Å². The lowest BCUT2D eigenvalue weighted by Gasteiger charge is -2.03. The van der Waals surface area contributed by atoms with Gasteiger partial charge in [0, 0.05) is 25.5 Å². The van der Waals surface area contributed by atoms with E-state index < -0.39 is 0 Å². The van der Waals surface area contributed by atoms with Crippen LogP contribution in [0.25, 0.3) is 0 Å². The number of amides is 1. The molecule has 0 saturated carbocycles. The van der Waals surface area contributed by atoms with Crippen molar-refractivity contribution in [2.75, 3.05) is 13.1 Å². The van der Waals surface area contributed by atoms with Gasteiger partial charge in [0.25, 0.3) is 5.91 Å². The molecule has 0 aromatic carbocycles. The molecule has 1 aromatic rings. The van der Waals surface area contributed by atoms with Gasteiger partial charge in [-0.1, -0.05) is 0 Å². The Balaban J connectivity index is 2.32. The van der Waals surface area contributed by atoms with Gasteiger partial charge in [-0.15, -0.1) is 0 Å². The second-order valence-electron chi connectivity index (χ2n) is 2.98. The Morgan fingerprint density at radius 3 is 2.92 bits per heavy atom. The van der Waals surface area contributed by atoms with E-state index in [-0.39, 0.29) is 5.91 Å². The molecule has 62 valence electrons. The predicted octanol–water partition coefficient (Wildman–Crippen LogP) is 0.846. The fourth-order valence-electron chi connectivity index (χ4n) is 1.11. The molecule has 1 fully saturated rings. The summed E-state index contributed by atoms with van der Waals surface area (Å²) in [5.74, 6) is 0.112. The third kappa shape index (κ3) is 1.18. The normalized spacial score (nSPS) is 14.6. The first-order valence-corrected chi connectivity index (χ1v) is 3.99. The molecule has 3 nitrogen and oxygen atoms in total. The van der Waals surface area contributed by atoms with Crippen molar-refractivity contribution in [2.45, 2.75) is 6.92 Å². The zero-order valence-corrected chi connectivity index (χ0v) is 6.95. The lowest BCUT2D eigenvalue weighted by atomic mass is 10.1. The van der Waals surface area contributed by atoms with Crippen LogP contribution < -0.4 is 0 Å². The molecule has 12 heavy (non-hydrogen) atoms. The molecular formula is C9H10N2O. The van der Waals surface area contributed by atoms with Crippen LogP contribution in [-0.2, 0) is 0 Å². The van der Waals surface area contributed by atoms with E-state index in [0.717, 1.165) is 24.2 Å². The first-order valence-electron chi connectivity index (χ1n) is 3.99. The summed E-state index contributed by atoms with van der Waals surface area (Å²) in [6.45, 7) is 3.72. The van der Waals surface area contributed by atoms with E-state index in [2.05, 4.69) is 4.98 Å². The molecule has 1 aliphatic heterocycles. The van der Waals surface area contributed by atoms with Crippen LogP contribution in [0.2, 0.25) is 0 Å².